The van der Waals surface area contributed by atoms with E-state index in [1.807, 2.05) is 25.7 Å². The van der Waals surface area contributed by atoms with E-state index in [1.165, 1.54) is 0 Å². The fourth-order valence-corrected chi connectivity index (χ4v) is 3.44. The van der Waals surface area contributed by atoms with E-state index in [9.17, 15) is 4.79 Å². The molecule has 0 aromatic rings. The van der Waals surface area contributed by atoms with Crippen molar-refractivity contribution in [1.82, 2.24) is 10.2 Å². The number of carbonyl (C=O) groups excluding carboxylic acids is 1. The Morgan fingerprint density at radius 1 is 1.33 bits per heavy atom. The molecule has 0 aromatic heterocycles. The van der Waals surface area contributed by atoms with Crippen LogP contribution in [0.4, 0.5) is 4.79 Å². The van der Waals surface area contributed by atoms with Crippen LogP contribution >= 0.6 is 0 Å². The standard InChI is InChI=1S/C18H34N2O4/c1-13(19-14(2)16-7-6-9-23-16)11-15-12-22-10-8-20(15)17(21)24-18(3,4)5/h13-16,19H,6-12H2,1-5H3. The summed E-state index contributed by atoms with van der Waals surface area (Å²) in [7, 11) is 0. The van der Waals surface area contributed by atoms with E-state index in [0.29, 0.717) is 31.9 Å². The Kier molecular flexibility index (Phi) is 6.89. The van der Waals surface area contributed by atoms with Crippen LogP contribution in [0.2, 0.25) is 0 Å². The van der Waals surface area contributed by atoms with E-state index in [2.05, 4.69) is 19.2 Å². The second-order valence-electron chi connectivity index (χ2n) is 8.05. The molecule has 6 heteroatoms. The van der Waals surface area contributed by atoms with Gasteiger partial charge in [0.2, 0.25) is 0 Å². The first-order chi connectivity index (χ1) is 11.3. The molecular weight excluding hydrogens is 308 g/mol. The lowest BCUT2D eigenvalue weighted by Gasteiger charge is -2.38. The van der Waals surface area contributed by atoms with Crippen molar-refractivity contribution >= 4 is 6.09 Å². The Labute approximate surface area is 146 Å². The van der Waals surface area contributed by atoms with Gasteiger partial charge in [-0.15, -0.1) is 0 Å². The summed E-state index contributed by atoms with van der Waals surface area (Å²) in [6.45, 7) is 12.6. The van der Waals surface area contributed by atoms with E-state index in [4.69, 9.17) is 14.2 Å². The van der Waals surface area contributed by atoms with Gasteiger partial charge in [0.05, 0.1) is 25.4 Å². The van der Waals surface area contributed by atoms with Gasteiger partial charge in [0.15, 0.2) is 0 Å². The Morgan fingerprint density at radius 2 is 2.08 bits per heavy atom. The van der Waals surface area contributed by atoms with Gasteiger partial charge in [-0.1, -0.05) is 0 Å². The highest BCUT2D eigenvalue weighted by Gasteiger charge is 2.32. The van der Waals surface area contributed by atoms with E-state index < -0.39 is 5.60 Å². The number of morpholine rings is 1. The van der Waals surface area contributed by atoms with Crippen molar-refractivity contribution in [3.05, 3.63) is 0 Å². The summed E-state index contributed by atoms with van der Waals surface area (Å²) in [6.07, 6.45) is 3.18. The molecule has 1 amide bonds. The molecule has 2 heterocycles. The molecule has 0 aromatic carbocycles. The van der Waals surface area contributed by atoms with E-state index >= 15 is 0 Å². The third-order valence-corrected chi connectivity index (χ3v) is 4.55. The smallest absolute Gasteiger partial charge is 0.410 e. The average molecular weight is 342 g/mol. The molecule has 4 unspecified atom stereocenters. The van der Waals surface area contributed by atoms with Crippen LogP contribution in [0.5, 0.6) is 0 Å². The molecule has 0 saturated carbocycles. The predicted octanol–water partition coefficient (Wildman–Crippen LogP) is 2.56. The van der Waals surface area contributed by atoms with Crippen molar-refractivity contribution in [2.24, 2.45) is 0 Å². The number of hydrogen-bond donors (Lipinski definition) is 1. The second kappa shape index (κ2) is 8.50. The number of hydrogen-bond acceptors (Lipinski definition) is 5. The molecule has 0 bridgehead atoms. The lowest BCUT2D eigenvalue weighted by atomic mass is 10.0. The van der Waals surface area contributed by atoms with Crippen LogP contribution in [-0.2, 0) is 14.2 Å². The number of nitrogens with zero attached hydrogens (tertiary/aromatic N) is 1. The van der Waals surface area contributed by atoms with Gasteiger partial charge < -0.3 is 24.4 Å². The maximum Gasteiger partial charge on any atom is 0.410 e. The molecule has 2 fully saturated rings. The summed E-state index contributed by atoms with van der Waals surface area (Å²) in [4.78, 5) is 14.3. The third kappa shape index (κ3) is 5.90. The quantitative estimate of drug-likeness (QED) is 0.832. The molecule has 0 aliphatic carbocycles. The molecule has 0 spiro atoms. The van der Waals surface area contributed by atoms with Gasteiger partial charge in [0.25, 0.3) is 0 Å². The van der Waals surface area contributed by atoms with Gasteiger partial charge in [-0.25, -0.2) is 4.79 Å². The van der Waals surface area contributed by atoms with E-state index in [0.717, 1.165) is 25.9 Å². The number of carbonyl (C=O) groups is 1. The first kappa shape index (κ1) is 19.5. The van der Waals surface area contributed by atoms with Crippen molar-refractivity contribution in [2.45, 2.75) is 83.7 Å². The summed E-state index contributed by atoms with van der Waals surface area (Å²) in [6, 6.07) is 0.649. The minimum atomic E-state index is -0.474. The molecule has 24 heavy (non-hydrogen) atoms. The summed E-state index contributed by atoms with van der Waals surface area (Å²) >= 11 is 0. The van der Waals surface area contributed by atoms with Crippen LogP contribution in [0.1, 0.15) is 53.9 Å². The van der Waals surface area contributed by atoms with E-state index in [-0.39, 0.29) is 18.2 Å². The minimum Gasteiger partial charge on any atom is -0.444 e. The van der Waals surface area contributed by atoms with Crippen LogP contribution in [0.25, 0.3) is 0 Å². The predicted molar refractivity (Wildman–Crippen MR) is 93.2 cm³/mol. The fourth-order valence-electron chi connectivity index (χ4n) is 3.44. The highest BCUT2D eigenvalue weighted by Crippen LogP contribution is 2.19. The zero-order valence-corrected chi connectivity index (χ0v) is 15.8. The zero-order valence-electron chi connectivity index (χ0n) is 15.8. The molecular formula is C18H34N2O4. The van der Waals surface area contributed by atoms with Crippen LogP contribution in [0.15, 0.2) is 0 Å². The molecule has 2 rings (SSSR count). The van der Waals surface area contributed by atoms with Crippen LogP contribution in [0.3, 0.4) is 0 Å². The number of rotatable bonds is 5. The molecule has 2 aliphatic heterocycles. The lowest BCUT2D eigenvalue weighted by Crippen LogP contribution is -2.53. The molecule has 1 N–H and O–H groups in total. The number of amides is 1. The van der Waals surface area contributed by atoms with Gasteiger partial charge in [-0.3, -0.25) is 0 Å². The highest BCUT2D eigenvalue weighted by atomic mass is 16.6. The molecule has 2 saturated heterocycles. The Morgan fingerprint density at radius 3 is 2.71 bits per heavy atom. The van der Waals surface area contributed by atoms with Crippen molar-refractivity contribution in [3.8, 4) is 0 Å². The topological polar surface area (TPSA) is 60.0 Å². The monoisotopic (exact) mass is 342 g/mol. The summed E-state index contributed by atoms with van der Waals surface area (Å²) < 4.78 is 16.9. The summed E-state index contributed by atoms with van der Waals surface area (Å²) in [5, 5.41) is 3.62. The average Bonchev–Trinajstić information content (AvgIpc) is 3.00. The highest BCUT2D eigenvalue weighted by molar-refractivity contribution is 5.68. The van der Waals surface area contributed by atoms with Gasteiger partial charge >= 0.3 is 6.09 Å². The number of nitrogens with one attached hydrogen (secondary N) is 1. The molecule has 6 nitrogen and oxygen atoms in total. The summed E-state index contributed by atoms with van der Waals surface area (Å²) in [5.74, 6) is 0. The SMILES string of the molecule is CC(CC1COCCN1C(=O)OC(C)(C)C)NC(C)C1CCCO1. The maximum absolute atomic E-state index is 12.4. The van der Waals surface area contributed by atoms with Gasteiger partial charge in [0.1, 0.15) is 5.60 Å². The van der Waals surface area contributed by atoms with Gasteiger partial charge in [0, 0.05) is 25.2 Å². The summed E-state index contributed by atoms with van der Waals surface area (Å²) in [5.41, 5.74) is -0.474. The Hall–Kier alpha value is -0.850. The van der Waals surface area contributed by atoms with Crippen molar-refractivity contribution < 1.29 is 19.0 Å². The largest absolute Gasteiger partial charge is 0.444 e. The zero-order chi connectivity index (χ0) is 17.7. The molecule has 140 valence electrons. The van der Waals surface area contributed by atoms with Crippen LogP contribution in [-0.4, -0.2) is 67.2 Å². The fraction of sp³-hybridized carbons (Fsp3) is 0.944. The van der Waals surface area contributed by atoms with Crippen LogP contribution < -0.4 is 5.32 Å². The third-order valence-electron chi connectivity index (χ3n) is 4.55. The van der Waals surface area contributed by atoms with E-state index in [1.54, 1.807) is 0 Å². The first-order valence-corrected chi connectivity index (χ1v) is 9.21. The Bertz CT molecular complexity index is 404. The van der Waals surface area contributed by atoms with Crippen molar-refractivity contribution in [3.63, 3.8) is 0 Å². The van der Waals surface area contributed by atoms with Crippen molar-refractivity contribution in [2.75, 3.05) is 26.4 Å². The van der Waals surface area contributed by atoms with Gasteiger partial charge in [-0.05, 0) is 53.9 Å². The maximum atomic E-state index is 12.4. The second-order valence-corrected chi connectivity index (χ2v) is 8.05. The normalized spacial score (nSPS) is 27.8. The lowest BCUT2D eigenvalue weighted by molar-refractivity contribution is -0.0361. The van der Waals surface area contributed by atoms with Crippen LogP contribution in [0, 0.1) is 0 Å². The number of ether oxygens (including phenoxy) is 3. The minimum absolute atomic E-state index is 0.0489. The molecule has 0 radical (unpaired) electrons. The molecule has 4 atom stereocenters. The van der Waals surface area contributed by atoms with Gasteiger partial charge in [-0.2, -0.15) is 0 Å². The molecule has 2 aliphatic rings. The van der Waals surface area contributed by atoms with Crippen molar-refractivity contribution in [1.29, 1.82) is 0 Å². The first-order valence-electron chi connectivity index (χ1n) is 9.21. The Balaban J connectivity index is 1.86.